The molecule has 1 atom stereocenters. The number of fused-ring (bicyclic) bond motifs is 1. The zero-order valence-corrected chi connectivity index (χ0v) is 11.9. The zero-order chi connectivity index (χ0) is 14.1. The topological polar surface area (TPSA) is 67.3 Å². The summed E-state index contributed by atoms with van der Waals surface area (Å²) >= 11 is 0. The van der Waals surface area contributed by atoms with Crippen LogP contribution in [0.1, 0.15) is 24.3 Å². The van der Waals surface area contributed by atoms with Gasteiger partial charge in [-0.25, -0.2) is 4.98 Å². The van der Waals surface area contributed by atoms with Gasteiger partial charge in [-0.1, -0.05) is 6.07 Å². The average Bonchev–Trinajstić information content (AvgIpc) is 2.99. The zero-order valence-electron chi connectivity index (χ0n) is 11.9. The lowest BCUT2D eigenvalue weighted by Crippen LogP contribution is -2.13. The van der Waals surface area contributed by atoms with Crippen molar-refractivity contribution in [3.05, 3.63) is 23.8 Å². The molecule has 108 valence electrons. The van der Waals surface area contributed by atoms with E-state index in [2.05, 4.69) is 35.1 Å². The van der Waals surface area contributed by atoms with Crippen LogP contribution in [0.4, 0.5) is 5.95 Å². The third-order valence-corrected chi connectivity index (χ3v) is 4.20. The highest BCUT2D eigenvalue weighted by atomic mass is 16.3. The number of likely N-dealkylation sites (tertiary alicyclic amines) is 1. The van der Waals surface area contributed by atoms with E-state index < -0.39 is 0 Å². The number of nitrogens with zero attached hydrogens (tertiary/aromatic N) is 3. The molecule has 20 heavy (non-hydrogen) atoms. The number of aryl methyl sites for hydroxylation is 1. The second-order valence-corrected chi connectivity index (χ2v) is 5.69. The number of benzene rings is 1. The quantitative estimate of drug-likeness (QED) is 0.885. The first-order valence-electron chi connectivity index (χ1n) is 7.24. The largest absolute Gasteiger partial charge is 0.396 e. The summed E-state index contributed by atoms with van der Waals surface area (Å²) in [6, 6.07) is 6.48. The van der Waals surface area contributed by atoms with Crippen molar-refractivity contribution in [1.29, 1.82) is 0 Å². The van der Waals surface area contributed by atoms with E-state index in [4.69, 9.17) is 10.8 Å². The molecule has 2 aromatic rings. The van der Waals surface area contributed by atoms with Gasteiger partial charge in [0.2, 0.25) is 5.95 Å². The van der Waals surface area contributed by atoms with E-state index in [-0.39, 0.29) is 6.61 Å². The molecule has 2 heterocycles. The Morgan fingerprint density at radius 3 is 3.00 bits per heavy atom. The van der Waals surface area contributed by atoms with E-state index >= 15 is 0 Å². The number of nitrogens with two attached hydrogens (primary N) is 1. The molecule has 3 rings (SSSR count). The first-order valence-corrected chi connectivity index (χ1v) is 7.24. The molecule has 1 fully saturated rings. The molecule has 0 radical (unpaired) electrons. The molecule has 5 heteroatoms. The van der Waals surface area contributed by atoms with Crippen molar-refractivity contribution in [1.82, 2.24) is 14.5 Å². The SMILES string of the molecule is CN1CCC(c2ccc3c(c2)nc(N)n3CCCO)C1. The number of imidazole rings is 1. The summed E-state index contributed by atoms with van der Waals surface area (Å²) in [5.41, 5.74) is 9.36. The number of aromatic nitrogens is 2. The molecule has 3 N–H and O–H groups in total. The molecule has 1 aromatic carbocycles. The standard InChI is InChI=1S/C15H22N4O/c1-18-7-5-12(10-18)11-3-4-14-13(9-11)17-15(16)19(14)6-2-8-20/h3-4,9,12,20H,2,5-8,10H2,1H3,(H2,16,17). The van der Waals surface area contributed by atoms with Crippen LogP contribution in [0.3, 0.4) is 0 Å². The number of hydrogen-bond acceptors (Lipinski definition) is 4. The van der Waals surface area contributed by atoms with E-state index in [1.165, 1.54) is 12.0 Å². The normalized spacial score (nSPS) is 20.0. The Hall–Kier alpha value is -1.59. The van der Waals surface area contributed by atoms with Crippen LogP contribution in [-0.2, 0) is 6.54 Å². The van der Waals surface area contributed by atoms with Crippen LogP contribution in [0.5, 0.6) is 0 Å². The fourth-order valence-electron chi connectivity index (χ4n) is 3.09. The van der Waals surface area contributed by atoms with Gasteiger partial charge >= 0.3 is 0 Å². The maximum Gasteiger partial charge on any atom is 0.201 e. The molecule has 1 unspecified atom stereocenters. The van der Waals surface area contributed by atoms with Crippen molar-refractivity contribution in [2.45, 2.75) is 25.3 Å². The van der Waals surface area contributed by atoms with Crippen molar-refractivity contribution in [2.24, 2.45) is 0 Å². The number of hydrogen-bond donors (Lipinski definition) is 2. The van der Waals surface area contributed by atoms with Crippen LogP contribution in [0, 0.1) is 0 Å². The minimum absolute atomic E-state index is 0.172. The van der Waals surface area contributed by atoms with Gasteiger partial charge in [0.1, 0.15) is 0 Å². The highest BCUT2D eigenvalue weighted by Gasteiger charge is 2.21. The number of rotatable bonds is 4. The molecule has 0 amide bonds. The van der Waals surface area contributed by atoms with E-state index in [1.807, 2.05) is 4.57 Å². The van der Waals surface area contributed by atoms with Gasteiger partial charge in [0.05, 0.1) is 11.0 Å². The molecular weight excluding hydrogens is 252 g/mol. The van der Waals surface area contributed by atoms with Gasteiger partial charge in [-0.2, -0.15) is 0 Å². The van der Waals surface area contributed by atoms with Crippen molar-refractivity contribution in [2.75, 3.05) is 32.5 Å². The lowest BCUT2D eigenvalue weighted by atomic mass is 9.98. The van der Waals surface area contributed by atoms with Crippen LogP contribution >= 0.6 is 0 Å². The predicted molar refractivity (Wildman–Crippen MR) is 80.7 cm³/mol. The lowest BCUT2D eigenvalue weighted by Gasteiger charge is -2.11. The Morgan fingerprint density at radius 1 is 1.45 bits per heavy atom. The smallest absolute Gasteiger partial charge is 0.201 e. The number of nitrogen functional groups attached to an aromatic ring is 1. The molecular formula is C15H22N4O. The Morgan fingerprint density at radius 2 is 2.30 bits per heavy atom. The minimum atomic E-state index is 0.172. The van der Waals surface area contributed by atoms with Gasteiger partial charge in [-0.05, 0) is 50.0 Å². The maximum absolute atomic E-state index is 8.96. The molecule has 1 aromatic heterocycles. The van der Waals surface area contributed by atoms with Gasteiger partial charge in [0, 0.05) is 19.7 Å². The average molecular weight is 274 g/mol. The summed E-state index contributed by atoms with van der Waals surface area (Å²) in [5.74, 6) is 1.14. The second kappa shape index (κ2) is 5.42. The molecule has 1 saturated heterocycles. The fourth-order valence-corrected chi connectivity index (χ4v) is 3.09. The van der Waals surface area contributed by atoms with Crippen LogP contribution < -0.4 is 5.73 Å². The van der Waals surface area contributed by atoms with Gasteiger partial charge in [-0.3, -0.25) is 0 Å². The first-order chi connectivity index (χ1) is 9.69. The third-order valence-electron chi connectivity index (χ3n) is 4.20. The minimum Gasteiger partial charge on any atom is -0.396 e. The van der Waals surface area contributed by atoms with Gasteiger partial charge in [-0.15, -0.1) is 0 Å². The third kappa shape index (κ3) is 2.39. The predicted octanol–water partition coefficient (Wildman–Crippen LogP) is 1.42. The Balaban J connectivity index is 1.92. The Labute approximate surface area is 119 Å². The van der Waals surface area contributed by atoms with E-state index in [0.717, 1.165) is 24.1 Å². The lowest BCUT2D eigenvalue weighted by molar-refractivity contribution is 0.281. The van der Waals surface area contributed by atoms with Crippen LogP contribution in [0.25, 0.3) is 11.0 Å². The fraction of sp³-hybridized carbons (Fsp3) is 0.533. The van der Waals surface area contributed by atoms with Crippen LogP contribution in [0.15, 0.2) is 18.2 Å². The van der Waals surface area contributed by atoms with Crippen molar-refractivity contribution in [3.63, 3.8) is 0 Å². The molecule has 0 bridgehead atoms. The van der Waals surface area contributed by atoms with Gasteiger partial charge < -0.3 is 20.3 Å². The Kier molecular flexibility index (Phi) is 3.63. The highest BCUT2D eigenvalue weighted by molar-refractivity contribution is 5.79. The summed E-state index contributed by atoms with van der Waals surface area (Å²) in [4.78, 5) is 6.83. The van der Waals surface area contributed by atoms with Gasteiger partial charge in [0.15, 0.2) is 0 Å². The molecule has 0 saturated carbocycles. The molecule has 0 spiro atoms. The van der Waals surface area contributed by atoms with Gasteiger partial charge in [0.25, 0.3) is 0 Å². The molecule has 1 aliphatic rings. The molecule has 1 aliphatic heterocycles. The summed E-state index contributed by atoms with van der Waals surface area (Å²) in [6.07, 6.45) is 1.91. The summed E-state index contributed by atoms with van der Waals surface area (Å²) in [7, 11) is 2.17. The second-order valence-electron chi connectivity index (χ2n) is 5.69. The molecule has 0 aliphatic carbocycles. The van der Waals surface area contributed by atoms with Crippen LogP contribution in [-0.4, -0.2) is 46.3 Å². The number of likely N-dealkylation sites (N-methyl/N-ethyl adjacent to an activating group) is 1. The number of aliphatic hydroxyl groups is 1. The number of anilines is 1. The first kappa shape index (κ1) is 13.4. The van der Waals surface area contributed by atoms with Crippen molar-refractivity contribution >= 4 is 17.0 Å². The Bertz CT molecular complexity index is 607. The van der Waals surface area contributed by atoms with E-state index in [0.29, 0.717) is 24.8 Å². The van der Waals surface area contributed by atoms with E-state index in [9.17, 15) is 0 Å². The maximum atomic E-state index is 8.96. The molecule has 5 nitrogen and oxygen atoms in total. The monoisotopic (exact) mass is 274 g/mol. The summed E-state index contributed by atoms with van der Waals surface area (Å²) in [6.45, 7) is 3.16. The van der Waals surface area contributed by atoms with Crippen molar-refractivity contribution in [3.8, 4) is 0 Å². The van der Waals surface area contributed by atoms with E-state index in [1.54, 1.807) is 0 Å². The highest BCUT2D eigenvalue weighted by Crippen LogP contribution is 2.29. The van der Waals surface area contributed by atoms with Crippen molar-refractivity contribution < 1.29 is 5.11 Å². The van der Waals surface area contributed by atoms with Crippen LogP contribution in [0.2, 0.25) is 0 Å². The number of aliphatic hydroxyl groups excluding tert-OH is 1. The summed E-state index contributed by atoms with van der Waals surface area (Å²) in [5, 5.41) is 8.96. The summed E-state index contributed by atoms with van der Waals surface area (Å²) < 4.78 is 1.98.